The van der Waals surface area contributed by atoms with Gasteiger partial charge in [0.25, 0.3) is 0 Å². The number of β-amino-alcohol motifs (C(OH)–C–C–N with tert-alkyl or cyclic N) is 1. The molecule has 1 aromatic carbocycles. The highest BCUT2D eigenvalue weighted by Crippen LogP contribution is 2.32. The summed E-state index contributed by atoms with van der Waals surface area (Å²) in [4.78, 5) is 13.9. The average Bonchev–Trinajstić information content (AvgIpc) is 2.44. The molecule has 0 radical (unpaired) electrons. The fourth-order valence-electron chi connectivity index (χ4n) is 2.18. The predicted molar refractivity (Wildman–Crippen MR) is 74.0 cm³/mol. The number of carbonyl (C=O) groups is 1. The molecule has 0 bridgehead atoms. The molecule has 0 saturated carbocycles. The zero-order valence-electron chi connectivity index (χ0n) is 11.3. The number of halogens is 3. The van der Waals surface area contributed by atoms with Crippen molar-refractivity contribution < 1.29 is 23.1 Å². The Balaban J connectivity index is 1.92. The van der Waals surface area contributed by atoms with Crippen LogP contribution in [0.15, 0.2) is 29.2 Å². The lowest BCUT2D eigenvalue weighted by Gasteiger charge is -2.30. The molecular weight excluding hydrogens is 303 g/mol. The third-order valence-electron chi connectivity index (χ3n) is 3.27. The van der Waals surface area contributed by atoms with Gasteiger partial charge in [-0.15, -0.1) is 11.8 Å². The number of rotatable bonds is 3. The van der Waals surface area contributed by atoms with Crippen molar-refractivity contribution in [3.05, 3.63) is 29.8 Å². The Labute approximate surface area is 125 Å². The zero-order valence-corrected chi connectivity index (χ0v) is 12.1. The van der Waals surface area contributed by atoms with E-state index in [0.29, 0.717) is 24.4 Å². The van der Waals surface area contributed by atoms with Crippen molar-refractivity contribution in [3.63, 3.8) is 0 Å². The summed E-state index contributed by atoms with van der Waals surface area (Å²) >= 11 is 1.08. The summed E-state index contributed by atoms with van der Waals surface area (Å²) in [6.07, 6.45) is -3.44. The topological polar surface area (TPSA) is 40.5 Å². The second-order valence-corrected chi connectivity index (χ2v) is 6.00. The predicted octanol–water partition coefficient (Wildman–Crippen LogP) is 2.78. The van der Waals surface area contributed by atoms with Crippen LogP contribution in [0.3, 0.4) is 0 Å². The van der Waals surface area contributed by atoms with Crippen molar-refractivity contribution in [1.29, 1.82) is 0 Å². The maximum atomic E-state index is 12.6. The molecule has 3 nitrogen and oxygen atoms in total. The number of carbonyl (C=O) groups excluding carboxylic acids is 1. The highest BCUT2D eigenvalue weighted by atomic mass is 32.2. The van der Waals surface area contributed by atoms with Gasteiger partial charge in [-0.1, -0.05) is 6.07 Å². The number of hydrogen-bond acceptors (Lipinski definition) is 3. The first-order chi connectivity index (χ1) is 9.86. The molecule has 0 aliphatic carbocycles. The van der Waals surface area contributed by atoms with E-state index in [4.69, 9.17) is 0 Å². The summed E-state index contributed by atoms with van der Waals surface area (Å²) in [5.74, 6) is -0.0789. The van der Waals surface area contributed by atoms with E-state index in [9.17, 15) is 23.1 Å². The molecule has 1 aliphatic rings. The molecule has 1 heterocycles. The maximum absolute atomic E-state index is 12.6. The van der Waals surface area contributed by atoms with Gasteiger partial charge in [-0.3, -0.25) is 4.79 Å². The second-order valence-electron chi connectivity index (χ2n) is 4.95. The van der Waals surface area contributed by atoms with Gasteiger partial charge in [-0.25, -0.2) is 0 Å². The fraction of sp³-hybridized carbons (Fsp3) is 0.500. The Morgan fingerprint density at radius 2 is 2.19 bits per heavy atom. The Hall–Kier alpha value is -1.21. The van der Waals surface area contributed by atoms with Gasteiger partial charge in [0.1, 0.15) is 0 Å². The molecule has 1 aromatic rings. The molecule has 21 heavy (non-hydrogen) atoms. The number of alkyl halides is 3. The number of likely N-dealkylation sites (tertiary alicyclic amines) is 1. The van der Waals surface area contributed by atoms with Gasteiger partial charge >= 0.3 is 6.18 Å². The number of thioether (sulfide) groups is 1. The minimum atomic E-state index is -4.38. The lowest BCUT2D eigenvalue weighted by molar-refractivity contribution is -0.137. The molecule has 7 heteroatoms. The number of nitrogens with zero attached hydrogens (tertiary/aromatic N) is 1. The van der Waals surface area contributed by atoms with E-state index in [1.807, 2.05) is 0 Å². The fourth-order valence-corrected chi connectivity index (χ4v) is 3.04. The molecule has 1 unspecified atom stereocenters. The van der Waals surface area contributed by atoms with E-state index in [2.05, 4.69) is 0 Å². The molecule has 1 saturated heterocycles. The van der Waals surface area contributed by atoms with E-state index < -0.39 is 17.8 Å². The standard InChI is InChI=1S/C14H16F3NO2S/c15-14(16,17)10-3-1-5-12(7-10)21-9-13(20)18-6-2-4-11(19)8-18/h1,3,5,7,11,19H,2,4,6,8-9H2. The van der Waals surface area contributed by atoms with Gasteiger partial charge in [-0.2, -0.15) is 13.2 Å². The van der Waals surface area contributed by atoms with Crippen molar-refractivity contribution in [3.8, 4) is 0 Å². The third-order valence-corrected chi connectivity index (χ3v) is 4.25. The molecule has 1 atom stereocenters. The van der Waals surface area contributed by atoms with Gasteiger partial charge in [0.15, 0.2) is 0 Å². The van der Waals surface area contributed by atoms with Crippen LogP contribution in [0.25, 0.3) is 0 Å². The highest BCUT2D eigenvalue weighted by molar-refractivity contribution is 8.00. The van der Waals surface area contributed by atoms with Gasteiger partial charge in [0.2, 0.25) is 5.91 Å². The number of amides is 1. The number of benzene rings is 1. The first kappa shape index (κ1) is 16.2. The van der Waals surface area contributed by atoms with Crippen molar-refractivity contribution in [1.82, 2.24) is 4.90 Å². The molecule has 1 amide bonds. The van der Waals surface area contributed by atoms with Crippen LogP contribution in [-0.2, 0) is 11.0 Å². The third kappa shape index (κ3) is 4.64. The van der Waals surface area contributed by atoms with Crippen LogP contribution in [0, 0.1) is 0 Å². The zero-order chi connectivity index (χ0) is 15.5. The Kier molecular flexibility index (Phi) is 5.16. The molecule has 0 aromatic heterocycles. The van der Waals surface area contributed by atoms with Crippen molar-refractivity contribution >= 4 is 17.7 Å². The molecule has 2 rings (SSSR count). The number of aliphatic hydroxyl groups excluding tert-OH is 1. The summed E-state index contributed by atoms with van der Waals surface area (Å²) in [6.45, 7) is 0.904. The van der Waals surface area contributed by atoms with Crippen LogP contribution in [-0.4, -0.2) is 40.9 Å². The van der Waals surface area contributed by atoms with E-state index in [0.717, 1.165) is 30.3 Å². The van der Waals surface area contributed by atoms with Crippen LogP contribution in [0.4, 0.5) is 13.2 Å². The van der Waals surface area contributed by atoms with Gasteiger partial charge < -0.3 is 10.0 Å². The number of piperidine rings is 1. The number of hydrogen-bond donors (Lipinski definition) is 1. The van der Waals surface area contributed by atoms with Gasteiger partial charge in [0, 0.05) is 18.0 Å². The summed E-state index contributed by atoms with van der Waals surface area (Å²) in [6, 6.07) is 4.94. The quantitative estimate of drug-likeness (QED) is 0.871. The molecule has 1 aliphatic heterocycles. The summed E-state index contributed by atoms with van der Waals surface area (Å²) < 4.78 is 37.8. The maximum Gasteiger partial charge on any atom is 0.416 e. The van der Waals surface area contributed by atoms with Gasteiger partial charge in [0.05, 0.1) is 17.4 Å². The van der Waals surface area contributed by atoms with E-state index >= 15 is 0 Å². The van der Waals surface area contributed by atoms with Gasteiger partial charge in [-0.05, 0) is 31.0 Å². The van der Waals surface area contributed by atoms with Crippen LogP contribution in [0.1, 0.15) is 18.4 Å². The second kappa shape index (κ2) is 6.70. The summed E-state index contributed by atoms with van der Waals surface area (Å²) in [5, 5.41) is 9.51. The first-order valence-corrected chi connectivity index (χ1v) is 7.61. The van der Waals surface area contributed by atoms with E-state index in [1.165, 1.54) is 6.07 Å². The Morgan fingerprint density at radius 1 is 1.43 bits per heavy atom. The highest BCUT2D eigenvalue weighted by Gasteiger charge is 2.30. The summed E-state index contributed by atoms with van der Waals surface area (Å²) in [7, 11) is 0. The van der Waals surface area contributed by atoms with Crippen LogP contribution in [0.5, 0.6) is 0 Å². The van der Waals surface area contributed by atoms with Crippen molar-refractivity contribution in [2.75, 3.05) is 18.8 Å². The van der Waals surface area contributed by atoms with Crippen LogP contribution >= 0.6 is 11.8 Å². The number of aliphatic hydroxyl groups is 1. The van der Waals surface area contributed by atoms with Crippen LogP contribution in [0.2, 0.25) is 0 Å². The smallest absolute Gasteiger partial charge is 0.391 e. The molecule has 116 valence electrons. The SMILES string of the molecule is O=C(CSc1cccc(C(F)(F)F)c1)N1CCCC(O)C1. The normalized spacial score (nSPS) is 19.6. The molecular formula is C14H16F3NO2S. The average molecular weight is 319 g/mol. The van der Waals surface area contributed by atoms with Crippen molar-refractivity contribution in [2.24, 2.45) is 0 Å². The Bertz CT molecular complexity index is 507. The Morgan fingerprint density at radius 3 is 2.86 bits per heavy atom. The summed E-state index contributed by atoms with van der Waals surface area (Å²) in [5.41, 5.74) is -0.714. The lowest BCUT2D eigenvalue weighted by Crippen LogP contribution is -2.42. The van der Waals surface area contributed by atoms with Crippen molar-refractivity contribution in [2.45, 2.75) is 30.0 Å². The monoisotopic (exact) mass is 319 g/mol. The minimum Gasteiger partial charge on any atom is -0.391 e. The van der Waals surface area contributed by atoms with E-state index in [1.54, 1.807) is 11.0 Å². The largest absolute Gasteiger partial charge is 0.416 e. The van der Waals surface area contributed by atoms with E-state index in [-0.39, 0.29) is 11.7 Å². The molecule has 0 spiro atoms. The molecule has 1 N–H and O–H groups in total. The minimum absolute atomic E-state index is 0.0774. The molecule has 1 fully saturated rings. The first-order valence-electron chi connectivity index (χ1n) is 6.62. The van der Waals surface area contributed by atoms with Crippen LogP contribution < -0.4 is 0 Å². The lowest BCUT2D eigenvalue weighted by atomic mass is 10.1.